The van der Waals surface area contributed by atoms with Crippen LogP contribution in [0.1, 0.15) is 226 Å². The second kappa shape index (κ2) is 38.4. The van der Waals surface area contributed by atoms with Crippen LogP contribution in [0.25, 0.3) is 0 Å². The average molecular weight is 815 g/mol. The molecule has 0 rings (SSSR count). The predicted molar refractivity (Wildman–Crippen MR) is 238 cm³/mol. The molecule has 0 bridgehead atoms. The molecule has 0 radical (unpaired) electrons. The van der Waals surface area contributed by atoms with E-state index in [1.807, 2.05) is 27.2 Å². The molecular weight excluding hydrogens is 719 g/mol. The maximum Gasteiger partial charge on any atom is 0.268 e. The molecule has 9 heteroatoms. The maximum atomic E-state index is 12.9. The Hall–Kier alpha value is -0.760. The summed E-state index contributed by atoms with van der Waals surface area (Å²) >= 11 is 0. The van der Waals surface area contributed by atoms with Crippen molar-refractivity contribution in [1.82, 2.24) is 5.32 Å². The summed E-state index contributed by atoms with van der Waals surface area (Å²) < 4.78 is 23.2. The zero-order valence-electron chi connectivity index (χ0n) is 38.0. The van der Waals surface area contributed by atoms with Gasteiger partial charge in [0.1, 0.15) is 13.2 Å². The molecule has 2 unspecified atom stereocenters. The number of amides is 1. The van der Waals surface area contributed by atoms with Crippen LogP contribution < -0.4 is 10.2 Å². The number of nitrogens with one attached hydrogen (secondary N) is 1. The molecule has 0 saturated carbocycles. The van der Waals surface area contributed by atoms with Gasteiger partial charge in [0.2, 0.25) is 5.91 Å². The summed E-state index contributed by atoms with van der Waals surface area (Å²) in [5.74, 6) is 0.629. The molecule has 0 aliphatic rings. The molecule has 0 aromatic heterocycles. The van der Waals surface area contributed by atoms with E-state index in [4.69, 9.17) is 9.05 Å². The van der Waals surface area contributed by atoms with Gasteiger partial charge < -0.3 is 28.8 Å². The Kier molecular flexibility index (Phi) is 37.9. The average Bonchev–Trinajstić information content (AvgIpc) is 3.15. The van der Waals surface area contributed by atoms with Crippen molar-refractivity contribution in [2.24, 2.45) is 5.92 Å². The number of carbonyl (C=O) groups is 1. The molecule has 4 atom stereocenters. The van der Waals surface area contributed by atoms with E-state index >= 15 is 0 Å². The van der Waals surface area contributed by atoms with E-state index in [0.717, 1.165) is 44.4 Å². The minimum atomic E-state index is -4.58. The first kappa shape index (κ1) is 55.2. The highest BCUT2D eigenvalue weighted by molar-refractivity contribution is 7.45. The van der Waals surface area contributed by atoms with Crippen LogP contribution in [-0.2, 0) is 18.4 Å². The first-order chi connectivity index (χ1) is 26.9. The third-order valence-electron chi connectivity index (χ3n) is 11.3. The van der Waals surface area contributed by atoms with Gasteiger partial charge in [0.15, 0.2) is 0 Å². The number of carbonyl (C=O) groups excluding carboxylic acids is 1. The van der Waals surface area contributed by atoms with Crippen molar-refractivity contribution in [2.45, 2.75) is 238 Å². The van der Waals surface area contributed by atoms with Crippen LogP contribution >= 0.6 is 7.82 Å². The Labute approximate surface area is 348 Å². The quantitative estimate of drug-likeness (QED) is 0.0275. The monoisotopic (exact) mass is 815 g/mol. The van der Waals surface area contributed by atoms with Crippen LogP contribution in [0, 0.1) is 5.92 Å². The second-order valence-corrected chi connectivity index (χ2v) is 19.5. The Morgan fingerprint density at radius 1 is 0.679 bits per heavy atom. The van der Waals surface area contributed by atoms with Gasteiger partial charge in [-0.3, -0.25) is 9.36 Å². The molecule has 0 aromatic rings. The molecule has 56 heavy (non-hydrogen) atoms. The van der Waals surface area contributed by atoms with E-state index < -0.39 is 20.0 Å². The summed E-state index contributed by atoms with van der Waals surface area (Å²) in [4.78, 5) is 25.3. The minimum absolute atomic E-state index is 0.00112. The van der Waals surface area contributed by atoms with Gasteiger partial charge in [0.05, 0.1) is 39.9 Å². The SMILES string of the molecule is CCCCCCCCCCCCCCCCCCCCCCCCC(=O)N[C@@H](COP(=O)([O-])OCC[N+](C)(C)C)[C@H](O)/C=C/CCCCCCCCC(C)CC. The molecule has 0 saturated heterocycles. The summed E-state index contributed by atoms with van der Waals surface area (Å²) in [6, 6.07) is -0.881. The van der Waals surface area contributed by atoms with Crippen molar-refractivity contribution >= 4 is 13.7 Å². The fourth-order valence-electron chi connectivity index (χ4n) is 7.07. The van der Waals surface area contributed by atoms with Gasteiger partial charge in [0, 0.05) is 6.42 Å². The Balaban J connectivity index is 4.24. The smallest absolute Gasteiger partial charge is 0.268 e. The maximum absolute atomic E-state index is 12.9. The second-order valence-electron chi connectivity index (χ2n) is 18.1. The van der Waals surface area contributed by atoms with E-state index in [-0.39, 0.29) is 19.1 Å². The van der Waals surface area contributed by atoms with E-state index in [1.165, 1.54) is 161 Å². The van der Waals surface area contributed by atoms with E-state index in [2.05, 4.69) is 26.1 Å². The molecule has 334 valence electrons. The molecule has 0 spiro atoms. The largest absolute Gasteiger partial charge is 0.756 e. The number of likely N-dealkylation sites (N-methyl/N-ethyl adjacent to an activating group) is 1. The molecule has 0 aliphatic heterocycles. The fourth-order valence-corrected chi connectivity index (χ4v) is 7.79. The van der Waals surface area contributed by atoms with E-state index in [1.54, 1.807) is 6.08 Å². The highest BCUT2D eigenvalue weighted by Gasteiger charge is 2.23. The number of hydrogen-bond acceptors (Lipinski definition) is 6. The summed E-state index contributed by atoms with van der Waals surface area (Å²) in [6.07, 6.45) is 42.7. The number of aliphatic hydroxyl groups is 1. The molecule has 0 aromatic carbocycles. The molecule has 2 N–H and O–H groups in total. The lowest BCUT2D eigenvalue weighted by molar-refractivity contribution is -0.870. The van der Waals surface area contributed by atoms with Crippen molar-refractivity contribution in [3.05, 3.63) is 12.2 Å². The Morgan fingerprint density at radius 3 is 1.55 bits per heavy atom. The van der Waals surface area contributed by atoms with Crippen LogP contribution in [0.15, 0.2) is 12.2 Å². The van der Waals surface area contributed by atoms with Crippen molar-refractivity contribution < 1.29 is 32.9 Å². The zero-order valence-corrected chi connectivity index (χ0v) is 38.9. The lowest BCUT2D eigenvalue weighted by Crippen LogP contribution is -2.45. The lowest BCUT2D eigenvalue weighted by atomic mass is 10.00. The van der Waals surface area contributed by atoms with Gasteiger partial charge >= 0.3 is 0 Å². The Bertz CT molecular complexity index is 942. The first-order valence-corrected chi connectivity index (χ1v) is 25.4. The van der Waals surface area contributed by atoms with E-state index in [0.29, 0.717) is 17.4 Å². The third kappa shape index (κ3) is 40.0. The lowest BCUT2D eigenvalue weighted by Gasteiger charge is -2.29. The predicted octanol–water partition coefficient (Wildman–Crippen LogP) is 12.8. The van der Waals surface area contributed by atoms with Gasteiger partial charge in [-0.2, -0.15) is 0 Å². The number of phosphoric acid groups is 1. The highest BCUT2D eigenvalue weighted by Crippen LogP contribution is 2.38. The molecule has 0 aliphatic carbocycles. The standard InChI is InChI=1S/C47H95N2O6P/c1-7-9-10-11-12-13-14-15-16-17-18-19-20-21-22-23-24-25-26-31-34-37-40-47(51)48-45(43-55-56(52,53)54-42-41-49(4,5)6)46(50)39-36-33-30-28-27-29-32-35-38-44(3)8-2/h36,39,44-46,50H,7-35,37-38,40-43H2,1-6H3,(H-,48,51,52,53)/b39-36+/t44?,45-,46+/m0/s1. The minimum Gasteiger partial charge on any atom is -0.756 e. The summed E-state index contributed by atoms with van der Waals surface area (Å²) in [6.45, 7) is 6.99. The number of nitrogens with zero attached hydrogens (tertiary/aromatic N) is 1. The molecular formula is C47H95N2O6P. The topological polar surface area (TPSA) is 108 Å². The third-order valence-corrected chi connectivity index (χ3v) is 12.3. The summed E-state index contributed by atoms with van der Waals surface area (Å²) in [7, 11) is 1.27. The van der Waals surface area contributed by atoms with Gasteiger partial charge in [-0.05, 0) is 25.2 Å². The number of unbranched alkanes of at least 4 members (excludes halogenated alkanes) is 27. The van der Waals surface area contributed by atoms with Crippen molar-refractivity contribution in [1.29, 1.82) is 0 Å². The number of rotatable bonds is 43. The van der Waals surface area contributed by atoms with Crippen molar-refractivity contribution in [2.75, 3.05) is 40.9 Å². The van der Waals surface area contributed by atoms with Crippen LogP contribution in [0.4, 0.5) is 0 Å². The Morgan fingerprint density at radius 2 is 1.11 bits per heavy atom. The van der Waals surface area contributed by atoms with Crippen molar-refractivity contribution in [3.8, 4) is 0 Å². The van der Waals surface area contributed by atoms with Crippen LogP contribution in [0.3, 0.4) is 0 Å². The molecule has 1 amide bonds. The van der Waals surface area contributed by atoms with Gasteiger partial charge in [-0.15, -0.1) is 0 Å². The number of quaternary nitrogens is 1. The van der Waals surface area contributed by atoms with Crippen LogP contribution in [-0.4, -0.2) is 68.5 Å². The van der Waals surface area contributed by atoms with E-state index in [9.17, 15) is 19.4 Å². The van der Waals surface area contributed by atoms with Gasteiger partial charge in [0.25, 0.3) is 7.82 Å². The number of hydrogen-bond donors (Lipinski definition) is 2. The van der Waals surface area contributed by atoms with Crippen LogP contribution in [0.5, 0.6) is 0 Å². The molecule has 0 fully saturated rings. The highest BCUT2D eigenvalue weighted by atomic mass is 31.2. The summed E-state index contributed by atoms with van der Waals surface area (Å²) in [5, 5.41) is 13.8. The summed E-state index contributed by atoms with van der Waals surface area (Å²) in [5.41, 5.74) is 0. The molecule has 8 nitrogen and oxygen atoms in total. The molecule has 0 heterocycles. The van der Waals surface area contributed by atoms with Gasteiger partial charge in [-0.25, -0.2) is 0 Å². The normalized spacial score (nSPS) is 14.9. The fraction of sp³-hybridized carbons (Fsp3) is 0.936. The number of aliphatic hydroxyl groups excluding tert-OH is 1. The number of allylic oxidation sites excluding steroid dienone is 1. The number of phosphoric ester groups is 1. The first-order valence-electron chi connectivity index (χ1n) is 23.9. The zero-order chi connectivity index (χ0) is 41.6. The van der Waals surface area contributed by atoms with Crippen LogP contribution in [0.2, 0.25) is 0 Å². The van der Waals surface area contributed by atoms with Crippen molar-refractivity contribution in [3.63, 3.8) is 0 Å². The van der Waals surface area contributed by atoms with Gasteiger partial charge in [-0.1, -0.05) is 213 Å².